The molecule has 4 atom stereocenters. The van der Waals surface area contributed by atoms with E-state index in [1.165, 1.54) is 63.5 Å². The number of halogens is 2. The van der Waals surface area contributed by atoms with Gasteiger partial charge in [-0.1, -0.05) is 43.9 Å². The number of ether oxygens (including phenoxy) is 2. The Kier molecular flexibility index (Phi) is 9.61. The molecule has 1 aromatic carbocycles. The molecule has 0 N–H and O–H groups in total. The molecule has 0 amide bonds. The van der Waals surface area contributed by atoms with E-state index >= 15 is 0 Å². The summed E-state index contributed by atoms with van der Waals surface area (Å²) < 4.78 is 39.8. The molecule has 1 aromatic rings. The van der Waals surface area contributed by atoms with Crippen molar-refractivity contribution in [3.63, 3.8) is 0 Å². The van der Waals surface area contributed by atoms with E-state index in [4.69, 9.17) is 9.47 Å². The molecule has 3 fully saturated rings. The smallest absolute Gasteiger partial charge is 0.314 e. The first-order valence-corrected chi connectivity index (χ1v) is 14.1. The van der Waals surface area contributed by atoms with Gasteiger partial charge in [0.1, 0.15) is 6.61 Å². The van der Waals surface area contributed by atoms with Gasteiger partial charge in [0.25, 0.3) is 0 Å². The lowest BCUT2D eigenvalue weighted by Crippen LogP contribution is -2.40. The third-order valence-electron chi connectivity index (χ3n) is 9.12. The fourth-order valence-electron chi connectivity index (χ4n) is 7.14. The molecule has 3 aliphatic carbocycles. The van der Waals surface area contributed by atoms with Crippen molar-refractivity contribution < 1.29 is 23.0 Å². The van der Waals surface area contributed by atoms with Crippen LogP contribution in [-0.4, -0.2) is 12.6 Å². The van der Waals surface area contributed by atoms with Gasteiger partial charge < -0.3 is 9.47 Å². The predicted octanol–water partition coefficient (Wildman–Crippen LogP) is 8.43. The molecular weight excluding hydrogens is 458 g/mol. The summed E-state index contributed by atoms with van der Waals surface area (Å²) in [5.41, 5.74) is 0. The minimum absolute atomic E-state index is 0.148. The molecule has 198 valence electrons. The first kappa shape index (κ1) is 26.9. The molecule has 0 bridgehead atoms. The van der Waals surface area contributed by atoms with Gasteiger partial charge in [-0.15, -0.1) is 6.58 Å². The van der Waals surface area contributed by atoms with E-state index in [0.717, 1.165) is 43.4 Å². The quantitative estimate of drug-likeness (QED) is 0.194. The lowest BCUT2D eigenvalue weighted by Gasteiger charge is -2.46. The van der Waals surface area contributed by atoms with E-state index in [1.54, 1.807) is 12.2 Å². The van der Waals surface area contributed by atoms with E-state index in [9.17, 15) is 13.6 Å². The Balaban J connectivity index is 1.33. The SMILES string of the molecule is C=CCCC1CCC(C2CCC3C(CCCC3C(=O)Oc3ccc(OC/C=C/C)c(F)c3F)C2)CC1. The van der Waals surface area contributed by atoms with Gasteiger partial charge in [0, 0.05) is 0 Å². The minimum Gasteiger partial charge on any atom is -0.486 e. The van der Waals surface area contributed by atoms with Crippen molar-refractivity contribution >= 4 is 5.97 Å². The average Bonchev–Trinajstić information content (AvgIpc) is 2.91. The Bertz CT molecular complexity index is 919. The van der Waals surface area contributed by atoms with Gasteiger partial charge in [0.2, 0.25) is 11.6 Å². The van der Waals surface area contributed by atoms with Crippen LogP contribution in [0.5, 0.6) is 11.5 Å². The van der Waals surface area contributed by atoms with Crippen molar-refractivity contribution in [2.75, 3.05) is 6.61 Å². The first-order chi connectivity index (χ1) is 17.5. The van der Waals surface area contributed by atoms with Crippen molar-refractivity contribution in [2.45, 2.75) is 84.0 Å². The molecule has 4 unspecified atom stereocenters. The maximum atomic E-state index is 14.6. The summed E-state index contributed by atoms with van der Waals surface area (Å²) >= 11 is 0. The summed E-state index contributed by atoms with van der Waals surface area (Å²) in [5.74, 6) is -0.168. The normalized spacial score (nSPS) is 30.5. The largest absolute Gasteiger partial charge is 0.486 e. The van der Waals surface area contributed by atoms with Crippen molar-refractivity contribution in [3.8, 4) is 11.5 Å². The molecule has 0 saturated heterocycles. The van der Waals surface area contributed by atoms with Gasteiger partial charge in [-0.05, 0) is 100 Å². The molecule has 36 heavy (non-hydrogen) atoms. The second kappa shape index (κ2) is 12.9. The molecule has 0 aromatic heterocycles. The van der Waals surface area contributed by atoms with Crippen molar-refractivity contribution in [3.05, 3.63) is 48.6 Å². The third-order valence-corrected chi connectivity index (χ3v) is 9.12. The number of esters is 1. The van der Waals surface area contributed by atoms with Gasteiger partial charge in [0.15, 0.2) is 11.5 Å². The average molecular weight is 501 g/mol. The highest BCUT2D eigenvalue weighted by Crippen LogP contribution is 2.50. The van der Waals surface area contributed by atoms with Gasteiger partial charge in [-0.2, -0.15) is 8.78 Å². The van der Waals surface area contributed by atoms with Crippen molar-refractivity contribution in [1.82, 2.24) is 0 Å². The second-order valence-electron chi connectivity index (χ2n) is 11.2. The monoisotopic (exact) mass is 500 g/mol. The number of rotatable bonds is 9. The topological polar surface area (TPSA) is 35.5 Å². The Morgan fingerprint density at radius 2 is 1.69 bits per heavy atom. The van der Waals surface area contributed by atoms with Gasteiger partial charge >= 0.3 is 5.97 Å². The van der Waals surface area contributed by atoms with E-state index in [0.29, 0.717) is 11.8 Å². The number of benzene rings is 1. The Morgan fingerprint density at radius 1 is 0.972 bits per heavy atom. The molecule has 4 rings (SSSR count). The number of hydrogen-bond donors (Lipinski definition) is 0. The summed E-state index contributed by atoms with van der Waals surface area (Å²) in [6.45, 7) is 5.83. The Labute approximate surface area is 215 Å². The molecule has 0 radical (unpaired) electrons. The van der Waals surface area contributed by atoms with Gasteiger partial charge in [-0.3, -0.25) is 4.79 Å². The molecule has 3 saturated carbocycles. The number of allylic oxidation sites excluding steroid dienone is 2. The van der Waals surface area contributed by atoms with Crippen LogP contribution in [0.2, 0.25) is 0 Å². The van der Waals surface area contributed by atoms with Gasteiger partial charge in [0.05, 0.1) is 5.92 Å². The van der Waals surface area contributed by atoms with E-state index in [-0.39, 0.29) is 24.0 Å². The fourth-order valence-corrected chi connectivity index (χ4v) is 7.14. The van der Waals surface area contributed by atoms with Crippen LogP contribution in [0.15, 0.2) is 36.9 Å². The van der Waals surface area contributed by atoms with Crippen molar-refractivity contribution in [2.24, 2.45) is 35.5 Å². The number of hydrogen-bond acceptors (Lipinski definition) is 3. The molecular formula is C31H42F2O3. The molecule has 5 heteroatoms. The fraction of sp³-hybridized carbons (Fsp3) is 0.645. The first-order valence-electron chi connectivity index (χ1n) is 14.1. The maximum absolute atomic E-state index is 14.6. The summed E-state index contributed by atoms with van der Waals surface area (Å²) in [5, 5.41) is 0. The zero-order valence-corrected chi connectivity index (χ0v) is 21.7. The maximum Gasteiger partial charge on any atom is 0.314 e. The lowest BCUT2D eigenvalue weighted by atomic mass is 9.59. The van der Waals surface area contributed by atoms with E-state index < -0.39 is 17.6 Å². The number of carbonyl (C=O) groups excluding carboxylic acids is 1. The standard InChI is InChI=1S/C31H42F2O3/c1-3-5-8-21-11-13-22(14-12-21)23-15-16-25-24(20-23)9-7-10-26(25)31(34)36-28-18-17-27(29(32)30(28)33)35-19-6-4-2/h3-4,6,17-18,21-26H,1,5,7-16,19-20H2,2H3/b6-4+. The van der Waals surface area contributed by atoms with Crippen LogP contribution in [-0.2, 0) is 4.79 Å². The summed E-state index contributed by atoms with van der Waals surface area (Å²) in [4.78, 5) is 13.1. The van der Waals surface area contributed by atoms with Crippen LogP contribution in [0, 0.1) is 47.1 Å². The van der Waals surface area contributed by atoms with Crippen LogP contribution in [0.4, 0.5) is 8.78 Å². The molecule has 3 aliphatic rings. The highest BCUT2D eigenvalue weighted by Gasteiger charge is 2.43. The van der Waals surface area contributed by atoms with E-state index in [2.05, 4.69) is 6.58 Å². The predicted molar refractivity (Wildman–Crippen MR) is 139 cm³/mol. The van der Waals surface area contributed by atoms with Crippen LogP contribution in [0.1, 0.15) is 84.0 Å². The highest BCUT2D eigenvalue weighted by atomic mass is 19.2. The number of fused-ring (bicyclic) bond motifs is 1. The minimum atomic E-state index is -1.17. The third kappa shape index (κ3) is 6.39. The summed E-state index contributed by atoms with van der Waals surface area (Å²) in [7, 11) is 0. The van der Waals surface area contributed by atoms with Gasteiger partial charge in [-0.25, -0.2) is 0 Å². The van der Waals surface area contributed by atoms with Crippen LogP contribution in [0.3, 0.4) is 0 Å². The molecule has 3 nitrogen and oxygen atoms in total. The zero-order valence-electron chi connectivity index (χ0n) is 21.7. The summed E-state index contributed by atoms with van der Waals surface area (Å²) in [6, 6.07) is 2.62. The second-order valence-corrected chi connectivity index (χ2v) is 11.2. The highest BCUT2D eigenvalue weighted by molar-refractivity contribution is 5.75. The summed E-state index contributed by atoms with van der Waals surface area (Å²) in [6.07, 6.45) is 19.7. The van der Waals surface area contributed by atoms with Crippen molar-refractivity contribution in [1.29, 1.82) is 0 Å². The van der Waals surface area contributed by atoms with E-state index in [1.807, 2.05) is 13.0 Å². The lowest BCUT2D eigenvalue weighted by molar-refractivity contribution is -0.144. The number of carbonyl (C=O) groups is 1. The van der Waals surface area contributed by atoms with Crippen LogP contribution in [0.25, 0.3) is 0 Å². The Hall–Kier alpha value is -2.17. The van der Waals surface area contributed by atoms with Crippen LogP contribution >= 0.6 is 0 Å². The molecule has 0 spiro atoms. The Morgan fingerprint density at radius 3 is 2.44 bits per heavy atom. The molecule has 0 heterocycles. The zero-order chi connectivity index (χ0) is 25.5. The molecule has 0 aliphatic heterocycles. The van der Waals surface area contributed by atoms with Crippen LogP contribution < -0.4 is 9.47 Å².